The third-order valence-corrected chi connectivity index (χ3v) is 5.57. The van der Waals surface area contributed by atoms with Crippen LogP contribution in [0.3, 0.4) is 0 Å². The van der Waals surface area contributed by atoms with Crippen LogP contribution in [0.4, 0.5) is 0 Å². The van der Waals surface area contributed by atoms with Crippen molar-refractivity contribution in [3.05, 3.63) is 29.8 Å². The maximum Gasteiger partial charge on any atom is 0.234 e. The highest BCUT2D eigenvalue weighted by molar-refractivity contribution is 6.27. The Bertz CT molecular complexity index is 610. The van der Waals surface area contributed by atoms with Gasteiger partial charge in [0.15, 0.2) is 0 Å². The lowest BCUT2D eigenvalue weighted by atomic mass is 9.80. The molecule has 1 unspecified atom stereocenters. The minimum atomic E-state index is -0.139. The minimum absolute atomic E-state index is 0.00998. The third kappa shape index (κ3) is 5.63. The number of methoxy groups -OCH3 is 1. The lowest BCUT2D eigenvalue weighted by Gasteiger charge is -2.39. The monoisotopic (exact) mass is 380 g/mol. The Morgan fingerprint density at radius 2 is 1.88 bits per heavy atom. The zero-order valence-corrected chi connectivity index (χ0v) is 16.6. The molecular weight excluding hydrogens is 352 g/mol. The van der Waals surface area contributed by atoms with Crippen molar-refractivity contribution in [3.8, 4) is 5.75 Å². The molecule has 0 aromatic heterocycles. The average molecular weight is 381 g/mol. The van der Waals surface area contributed by atoms with E-state index in [4.69, 9.17) is 16.3 Å². The third-order valence-electron chi connectivity index (χ3n) is 5.32. The van der Waals surface area contributed by atoms with E-state index in [9.17, 15) is 9.59 Å². The molecule has 0 spiro atoms. The molecule has 144 valence electrons. The van der Waals surface area contributed by atoms with Crippen LogP contribution >= 0.6 is 11.6 Å². The average Bonchev–Trinajstić information content (AvgIpc) is 2.66. The molecule has 1 fully saturated rings. The van der Waals surface area contributed by atoms with Gasteiger partial charge in [-0.25, -0.2) is 0 Å². The van der Waals surface area contributed by atoms with E-state index in [2.05, 4.69) is 19.2 Å². The van der Waals surface area contributed by atoms with Crippen LogP contribution in [0.2, 0.25) is 0 Å². The van der Waals surface area contributed by atoms with E-state index in [1.807, 2.05) is 29.2 Å². The van der Waals surface area contributed by atoms with Crippen LogP contribution in [0, 0.1) is 5.41 Å². The van der Waals surface area contributed by atoms with Gasteiger partial charge in [0, 0.05) is 26.1 Å². The molecule has 0 saturated carbocycles. The Hall–Kier alpha value is -1.75. The fourth-order valence-corrected chi connectivity index (χ4v) is 3.37. The number of benzene rings is 1. The highest BCUT2D eigenvalue weighted by atomic mass is 35.5. The Kier molecular flexibility index (Phi) is 7.33. The number of amides is 2. The summed E-state index contributed by atoms with van der Waals surface area (Å²) < 4.78 is 5.18. The molecule has 1 N–H and O–H groups in total. The second kappa shape index (κ2) is 9.26. The summed E-state index contributed by atoms with van der Waals surface area (Å²) in [4.78, 5) is 25.9. The summed E-state index contributed by atoms with van der Waals surface area (Å²) in [6, 6.07) is 7.89. The molecule has 1 aromatic carbocycles. The van der Waals surface area contributed by atoms with Gasteiger partial charge < -0.3 is 15.0 Å². The van der Waals surface area contributed by atoms with E-state index in [-0.39, 0.29) is 29.0 Å². The SMILES string of the molecule is COc1ccc(C(C)CC(=O)N2CCC(C)(CNC(=O)CCl)CC2)cc1. The first-order valence-corrected chi connectivity index (χ1v) is 9.65. The van der Waals surface area contributed by atoms with Crippen LogP contribution in [-0.4, -0.2) is 49.3 Å². The summed E-state index contributed by atoms with van der Waals surface area (Å²) in [5.41, 5.74) is 1.17. The summed E-state index contributed by atoms with van der Waals surface area (Å²) in [5, 5.41) is 2.87. The summed E-state index contributed by atoms with van der Waals surface area (Å²) in [6.45, 7) is 6.32. The molecule has 26 heavy (non-hydrogen) atoms. The molecule has 1 aliphatic rings. The van der Waals surface area contributed by atoms with Gasteiger partial charge in [-0.2, -0.15) is 0 Å². The smallest absolute Gasteiger partial charge is 0.234 e. The molecule has 1 aromatic rings. The molecule has 0 aliphatic carbocycles. The normalized spacial score (nSPS) is 17.5. The standard InChI is InChI=1S/C20H29ClN2O3/c1-15(16-4-6-17(26-3)7-5-16)12-19(25)23-10-8-20(2,9-11-23)14-22-18(24)13-21/h4-7,15H,8-14H2,1-3H3,(H,22,24). The van der Waals surface area contributed by atoms with Gasteiger partial charge >= 0.3 is 0 Å². The van der Waals surface area contributed by atoms with Crippen molar-refractivity contribution in [1.29, 1.82) is 0 Å². The number of alkyl halides is 1. The number of ether oxygens (including phenoxy) is 1. The summed E-state index contributed by atoms with van der Waals surface area (Å²) >= 11 is 5.52. The molecule has 2 rings (SSSR count). The zero-order chi connectivity index (χ0) is 19.2. The number of halogens is 1. The second-order valence-corrected chi connectivity index (χ2v) is 7.75. The molecule has 0 bridgehead atoms. The minimum Gasteiger partial charge on any atom is -0.497 e. The van der Waals surface area contributed by atoms with Gasteiger partial charge in [0.05, 0.1) is 7.11 Å². The van der Waals surface area contributed by atoms with Crippen molar-refractivity contribution in [2.75, 3.05) is 32.6 Å². The van der Waals surface area contributed by atoms with E-state index in [0.717, 1.165) is 37.2 Å². The number of nitrogens with one attached hydrogen (secondary N) is 1. The van der Waals surface area contributed by atoms with Gasteiger partial charge in [0.1, 0.15) is 11.6 Å². The number of carbonyl (C=O) groups is 2. The maximum absolute atomic E-state index is 12.6. The number of hydrogen-bond donors (Lipinski definition) is 1. The second-order valence-electron chi connectivity index (χ2n) is 7.48. The Morgan fingerprint density at radius 1 is 1.27 bits per heavy atom. The first kappa shape index (κ1) is 20.6. The highest BCUT2D eigenvalue weighted by Crippen LogP contribution is 2.31. The molecular formula is C20H29ClN2O3. The molecule has 1 heterocycles. The van der Waals surface area contributed by atoms with E-state index in [0.29, 0.717) is 13.0 Å². The fourth-order valence-electron chi connectivity index (χ4n) is 3.27. The number of nitrogens with zero attached hydrogens (tertiary/aromatic N) is 1. The van der Waals surface area contributed by atoms with Gasteiger partial charge in [-0.15, -0.1) is 11.6 Å². The van der Waals surface area contributed by atoms with E-state index >= 15 is 0 Å². The van der Waals surface area contributed by atoms with Crippen LogP contribution < -0.4 is 10.1 Å². The summed E-state index contributed by atoms with van der Waals surface area (Å²) in [7, 11) is 1.65. The van der Waals surface area contributed by atoms with Crippen LogP contribution in [0.1, 0.15) is 44.6 Å². The predicted molar refractivity (Wildman–Crippen MR) is 104 cm³/mol. The van der Waals surface area contributed by atoms with Crippen LogP contribution in [-0.2, 0) is 9.59 Å². The van der Waals surface area contributed by atoms with Gasteiger partial charge in [-0.3, -0.25) is 9.59 Å². The van der Waals surface area contributed by atoms with Crippen LogP contribution in [0.5, 0.6) is 5.75 Å². The molecule has 1 atom stereocenters. The Labute approximate surface area is 161 Å². The number of likely N-dealkylation sites (tertiary alicyclic amines) is 1. The van der Waals surface area contributed by atoms with Gasteiger partial charge in [-0.05, 0) is 41.9 Å². The fraction of sp³-hybridized carbons (Fsp3) is 0.600. The van der Waals surface area contributed by atoms with Crippen molar-refractivity contribution in [2.24, 2.45) is 5.41 Å². The van der Waals surface area contributed by atoms with Crippen molar-refractivity contribution in [1.82, 2.24) is 10.2 Å². The zero-order valence-electron chi connectivity index (χ0n) is 15.9. The van der Waals surface area contributed by atoms with Gasteiger partial charge in [-0.1, -0.05) is 26.0 Å². The molecule has 6 heteroatoms. The van der Waals surface area contributed by atoms with Crippen LogP contribution in [0.25, 0.3) is 0 Å². The maximum atomic E-state index is 12.6. The molecule has 1 aliphatic heterocycles. The van der Waals surface area contributed by atoms with Crippen molar-refractivity contribution >= 4 is 23.4 Å². The largest absolute Gasteiger partial charge is 0.497 e. The van der Waals surface area contributed by atoms with Crippen molar-refractivity contribution in [2.45, 2.75) is 39.0 Å². The molecule has 5 nitrogen and oxygen atoms in total. The topological polar surface area (TPSA) is 58.6 Å². The molecule has 2 amide bonds. The van der Waals surface area contributed by atoms with Crippen molar-refractivity contribution < 1.29 is 14.3 Å². The first-order chi connectivity index (χ1) is 12.4. The highest BCUT2D eigenvalue weighted by Gasteiger charge is 2.32. The summed E-state index contributed by atoms with van der Waals surface area (Å²) in [5.74, 6) is 1.04. The van der Waals surface area contributed by atoms with E-state index < -0.39 is 0 Å². The molecule has 0 radical (unpaired) electrons. The quantitative estimate of drug-likeness (QED) is 0.739. The lowest BCUT2D eigenvalue weighted by molar-refractivity contribution is -0.134. The number of piperidine rings is 1. The van der Waals surface area contributed by atoms with Gasteiger partial charge in [0.25, 0.3) is 0 Å². The van der Waals surface area contributed by atoms with Crippen molar-refractivity contribution in [3.63, 3.8) is 0 Å². The lowest BCUT2D eigenvalue weighted by Crippen LogP contribution is -2.46. The van der Waals surface area contributed by atoms with E-state index in [1.54, 1.807) is 7.11 Å². The van der Waals surface area contributed by atoms with E-state index in [1.165, 1.54) is 0 Å². The van der Waals surface area contributed by atoms with Gasteiger partial charge in [0.2, 0.25) is 11.8 Å². The summed E-state index contributed by atoms with van der Waals surface area (Å²) in [6.07, 6.45) is 2.28. The number of hydrogen-bond acceptors (Lipinski definition) is 3. The predicted octanol–water partition coefficient (Wildman–Crippen LogP) is 3.17. The Balaban J connectivity index is 1.82. The number of rotatable bonds is 7. The van der Waals surface area contributed by atoms with Crippen LogP contribution in [0.15, 0.2) is 24.3 Å². The first-order valence-electron chi connectivity index (χ1n) is 9.11. The number of carbonyl (C=O) groups excluding carboxylic acids is 2. The Morgan fingerprint density at radius 3 is 2.42 bits per heavy atom. The molecule has 1 saturated heterocycles.